The van der Waals surface area contributed by atoms with Crippen molar-refractivity contribution in [2.45, 2.75) is 6.54 Å². The number of fused-ring (bicyclic) bond motifs is 1. The van der Waals surface area contributed by atoms with Gasteiger partial charge in [0, 0.05) is 22.7 Å². The zero-order valence-electron chi connectivity index (χ0n) is 14.6. The van der Waals surface area contributed by atoms with Crippen molar-refractivity contribution in [3.63, 3.8) is 0 Å². The number of nitrogens with one attached hydrogen (secondary N) is 2. The molecular formula is C20H16Cl2N2O3S. The smallest absolute Gasteiger partial charge is 0.255 e. The number of benzene rings is 2. The molecule has 0 fully saturated rings. The van der Waals surface area contributed by atoms with E-state index >= 15 is 0 Å². The highest BCUT2D eigenvalue weighted by atomic mass is 35.5. The number of carbonyl (C=O) groups is 1. The summed E-state index contributed by atoms with van der Waals surface area (Å²) in [6.45, 7) is 1.63. The lowest BCUT2D eigenvalue weighted by Gasteiger charge is -2.18. The summed E-state index contributed by atoms with van der Waals surface area (Å²) in [5.41, 5.74) is 1.86. The number of hydrogen-bond donors (Lipinski definition) is 2. The molecule has 3 aromatic rings. The second-order valence-corrected chi connectivity index (χ2v) is 8.27. The van der Waals surface area contributed by atoms with E-state index in [2.05, 4.69) is 10.6 Å². The Morgan fingerprint density at radius 1 is 1.00 bits per heavy atom. The lowest BCUT2D eigenvalue weighted by molar-refractivity contribution is 0.102. The molecule has 1 aliphatic rings. The molecule has 1 amide bonds. The van der Waals surface area contributed by atoms with E-state index in [0.717, 1.165) is 14.9 Å². The molecule has 2 heterocycles. The van der Waals surface area contributed by atoms with E-state index in [1.54, 1.807) is 30.3 Å². The third-order valence-electron chi connectivity index (χ3n) is 4.12. The summed E-state index contributed by atoms with van der Waals surface area (Å²) in [5.74, 6) is 0.939. The number of amides is 1. The Morgan fingerprint density at radius 2 is 1.82 bits per heavy atom. The third kappa shape index (κ3) is 4.35. The lowest BCUT2D eigenvalue weighted by Crippen LogP contribution is -2.17. The first-order chi connectivity index (χ1) is 13.6. The van der Waals surface area contributed by atoms with Gasteiger partial charge in [0.1, 0.15) is 13.2 Å². The van der Waals surface area contributed by atoms with E-state index in [4.69, 9.17) is 32.7 Å². The van der Waals surface area contributed by atoms with Crippen LogP contribution < -0.4 is 20.1 Å². The number of thiophene rings is 1. The first-order valence-corrected chi connectivity index (χ1v) is 10.1. The van der Waals surface area contributed by atoms with Gasteiger partial charge >= 0.3 is 0 Å². The van der Waals surface area contributed by atoms with Crippen LogP contribution in [0, 0.1) is 0 Å². The molecule has 0 atom stereocenters. The Labute approximate surface area is 176 Å². The van der Waals surface area contributed by atoms with Crippen LogP contribution in [0.15, 0.2) is 48.5 Å². The molecule has 5 nitrogen and oxygen atoms in total. The van der Waals surface area contributed by atoms with E-state index in [1.807, 2.05) is 18.2 Å². The molecule has 0 radical (unpaired) electrons. The third-order valence-corrected chi connectivity index (χ3v) is 5.66. The number of carbonyl (C=O) groups excluding carboxylic acids is 1. The minimum atomic E-state index is -0.271. The number of hydrogen-bond acceptors (Lipinski definition) is 5. The van der Waals surface area contributed by atoms with E-state index in [-0.39, 0.29) is 5.91 Å². The van der Waals surface area contributed by atoms with Crippen LogP contribution in [0.5, 0.6) is 11.5 Å². The fourth-order valence-electron chi connectivity index (χ4n) is 2.74. The van der Waals surface area contributed by atoms with Crippen LogP contribution in [0.4, 0.5) is 11.4 Å². The van der Waals surface area contributed by atoms with Gasteiger partial charge in [-0.25, -0.2) is 0 Å². The summed E-state index contributed by atoms with van der Waals surface area (Å²) >= 11 is 13.8. The highest BCUT2D eigenvalue weighted by molar-refractivity contribution is 7.16. The highest BCUT2D eigenvalue weighted by Crippen LogP contribution is 2.32. The van der Waals surface area contributed by atoms with Crippen LogP contribution in [0.3, 0.4) is 0 Å². The van der Waals surface area contributed by atoms with Crippen molar-refractivity contribution >= 4 is 51.8 Å². The fraction of sp³-hybridized carbons (Fsp3) is 0.150. The standard InChI is InChI=1S/C20H16Cl2N2O3S/c21-15-10-13(23-11-14-3-6-19(22)28-14)2-4-16(15)24-20(25)12-1-5-17-18(9-12)27-8-7-26-17/h1-6,9-10,23H,7-8,11H2,(H,24,25). The summed E-state index contributed by atoms with van der Waals surface area (Å²) in [4.78, 5) is 13.7. The number of ether oxygens (including phenoxy) is 2. The largest absolute Gasteiger partial charge is 0.486 e. The molecule has 2 aromatic carbocycles. The maximum absolute atomic E-state index is 12.6. The summed E-state index contributed by atoms with van der Waals surface area (Å²) in [7, 11) is 0. The molecule has 8 heteroatoms. The van der Waals surface area contributed by atoms with Gasteiger partial charge in [-0.2, -0.15) is 0 Å². The summed E-state index contributed by atoms with van der Waals surface area (Å²) in [6, 6.07) is 14.3. The lowest BCUT2D eigenvalue weighted by atomic mass is 10.1. The van der Waals surface area contributed by atoms with Gasteiger partial charge in [0.25, 0.3) is 5.91 Å². The summed E-state index contributed by atoms with van der Waals surface area (Å²) < 4.78 is 11.8. The van der Waals surface area contributed by atoms with Crippen molar-refractivity contribution in [3.05, 3.63) is 68.3 Å². The van der Waals surface area contributed by atoms with Gasteiger partial charge in [-0.15, -0.1) is 11.3 Å². The maximum atomic E-state index is 12.6. The van der Waals surface area contributed by atoms with E-state index < -0.39 is 0 Å². The summed E-state index contributed by atoms with van der Waals surface area (Å²) in [6.07, 6.45) is 0. The van der Waals surface area contributed by atoms with Gasteiger partial charge in [0.05, 0.1) is 15.0 Å². The van der Waals surface area contributed by atoms with Crippen LogP contribution in [0.1, 0.15) is 15.2 Å². The minimum Gasteiger partial charge on any atom is -0.486 e. The van der Waals surface area contributed by atoms with Crippen molar-refractivity contribution in [2.75, 3.05) is 23.8 Å². The predicted octanol–water partition coefficient (Wildman–Crippen LogP) is 5.69. The Morgan fingerprint density at radius 3 is 2.57 bits per heavy atom. The fourth-order valence-corrected chi connectivity index (χ4v) is 4.00. The quantitative estimate of drug-likeness (QED) is 0.541. The number of anilines is 2. The highest BCUT2D eigenvalue weighted by Gasteiger charge is 2.16. The van der Waals surface area contributed by atoms with Gasteiger partial charge in [-0.1, -0.05) is 23.2 Å². The molecule has 28 heavy (non-hydrogen) atoms. The van der Waals surface area contributed by atoms with Gasteiger partial charge in [0.2, 0.25) is 0 Å². The van der Waals surface area contributed by atoms with Crippen LogP contribution in [-0.2, 0) is 6.54 Å². The molecule has 0 spiro atoms. The molecule has 0 saturated heterocycles. The average molecular weight is 435 g/mol. The van der Waals surface area contributed by atoms with Crippen molar-refractivity contribution < 1.29 is 14.3 Å². The number of halogens is 2. The second-order valence-electron chi connectivity index (χ2n) is 6.07. The maximum Gasteiger partial charge on any atom is 0.255 e. The van der Waals surface area contributed by atoms with Crippen LogP contribution in [0.25, 0.3) is 0 Å². The van der Waals surface area contributed by atoms with E-state index in [0.29, 0.717) is 47.5 Å². The Hall–Kier alpha value is -2.41. The Balaban J connectivity index is 1.42. The molecular weight excluding hydrogens is 419 g/mol. The van der Waals surface area contributed by atoms with Gasteiger partial charge in [-0.3, -0.25) is 4.79 Å². The molecule has 1 aliphatic heterocycles. The Bertz CT molecular complexity index is 1020. The minimum absolute atomic E-state index is 0.271. The Kier molecular flexibility index (Phi) is 5.62. The molecule has 1 aromatic heterocycles. The first-order valence-electron chi connectivity index (χ1n) is 8.57. The molecule has 2 N–H and O–H groups in total. The van der Waals surface area contributed by atoms with Crippen molar-refractivity contribution in [1.82, 2.24) is 0 Å². The van der Waals surface area contributed by atoms with Crippen molar-refractivity contribution in [3.8, 4) is 11.5 Å². The predicted molar refractivity (Wildman–Crippen MR) is 113 cm³/mol. The van der Waals surface area contributed by atoms with E-state index in [1.165, 1.54) is 11.3 Å². The summed E-state index contributed by atoms with van der Waals surface area (Å²) in [5, 5.41) is 6.56. The second kappa shape index (κ2) is 8.31. The number of rotatable bonds is 5. The molecule has 0 bridgehead atoms. The van der Waals surface area contributed by atoms with Gasteiger partial charge < -0.3 is 20.1 Å². The SMILES string of the molecule is O=C(Nc1ccc(NCc2ccc(Cl)s2)cc1Cl)c1ccc2c(c1)OCCO2. The van der Waals surface area contributed by atoms with Gasteiger partial charge in [0.15, 0.2) is 11.5 Å². The normalized spacial score (nSPS) is 12.5. The molecule has 0 saturated carbocycles. The molecule has 0 unspecified atom stereocenters. The van der Waals surface area contributed by atoms with Crippen molar-refractivity contribution in [1.29, 1.82) is 0 Å². The first kappa shape index (κ1) is 18.9. The molecule has 4 rings (SSSR count). The van der Waals surface area contributed by atoms with Crippen molar-refractivity contribution in [2.24, 2.45) is 0 Å². The molecule has 0 aliphatic carbocycles. The molecule has 144 valence electrons. The van der Waals surface area contributed by atoms with Crippen LogP contribution >= 0.6 is 34.5 Å². The monoisotopic (exact) mass is 434 g/mol. The zero-order valence-corrected chi connectivity index (χ0v) is 17.0. The van der Waals surface area contributed by atoms with Gasteiger partial charge in [-0.05, 0) is 48.5 Å². The van der Waals surface area contributed by atoms with Crippen LogP contribution in [-0.4, -0.2) is 19.1 Å². The zero-order chi connectivity index (χ0) is 19.5. The topological polar surface area (TPSA) is 59.6 Å². The average Bonchev–Trinajstić information content (AvgIpc) is 3.13. The van der Waals surface area contributed by atoms with Crippen LogP contribution in [0.2, 0.25) is 9.36 Å². The van der Waals surface area contributed by atoms with E-state index in [9.17, 15) is 4.79 Å².